The highest BCUT2D eigenvalue weighted by atomic mass is 79.9. The van der Waals surface area contributed by atoms with E-state index in [2.05, 4.69) is 27.1 Å². The Morgan fingerprint density at radius 3 is 2.88 bits per heavy atom. The minimum Gasteiger partial charge on any atom is -0.292 e. The highest BCUT2D eigenvalue weighted by Gasteiger charge is 2.34. The number of hydrogen-bond acceptors (Lipinski definition) is 2. The summed E-state index contributed by atoms with van der Waals surface area (Å²) in [7, 11) is 1.79. The second-order valence-electron chi connectivity index (χ2n) is 4.28. The molecule has 1 aromatic carbocycles. The molecule has 1 unspecified atom stereocenters. The van der Waals surface area contributed by atoms with Gasteiger partial charge in [-0.3, -0.25) is 9.48 Å². The van der Waals surface area contributed by atoms with Gasteiger partial charge in [0.25, 0.3) is 0 Å². The Balaban J connectivity index is 1.97. The van der Waals surface area contributed by atoms with E-state index in [1.165, 1.54) is 5.56 Å². The minimum absolute atomic E-state index is 0.00194. The molecule has 0 saturated carbocycles. The Morgan fingerprint density at radius 1 is 1.47 bits per heavy atom. The zero-order valence-electron chi connectivity index (χ0n) is 9.35. The van der Waals surface area contributed by atoms with Gasteiger partial charge in [0, 0.05) is 7.05 Å². The molecular weight excluding hydrogens is 280 g/mol. The van der Waals surface area contributed by atoms with Crippen molar-refractivity contribution < 1.29 is 4.79 Å². The van der Waals surface area contributed by atoms with Crippen LogP contribution in [0.4, 0.5) is 0 Å². The van der Waals surface area contributed by atoms with Gasteiger partial charge in [-0.25, -0.2) is 0 Å². The molecular formula is C13H11BrN2O. The van der Waals surface area contributed by atoms with Crippen molar-refractivity contribution in [2.24, 2.45) is 7.05 Å². The molecule has 0 radical (unpaired) electrons. The van der Waals surface area contributed by atoms with E-state index >= 15 is 0 Å². The minimum atomic E-state index is -0.00194. The van der Waals surface area contributed by atoms with Crippen LogP contribution < -0.4 is 0 Å². The molecule has 1 aliphatic rings. The third-order valence-corrected chi connectivity index (χ3v) is 3.88. The zero-order chi connectivity index (χ0) is 12.0. The van der Waals surface area contributed by atoms with Gasteiger partial charge < -0.3 is 0 Å². The first-order valence-electron chi connectivity index (χ1n) is 5.48. The third-order valence-electron chi connectivity index (χ3n) is 3.30. The van der Waals surface area contributed by atoms with Crippen LogP contribution in [0, 0.1) is 0 Å². The number of carbonyl (C=O) groups is 1. The number of carbonyl (C=O) groups excluding carboxylic acids is 1. The molecule has 0 amide bonds. The van der Waals surface area contributed by atoms with Gasteiger partial charge in [0.1, 0.15) is 5.69 Å². The molecule has 1 aliphatic carbocycles. The number of rotatable bonds is 2. The lowest BCUT2D eigenvalue weighted by Gasteiger charge is -2.28. The van der Waals surface area contributed by atoms with E-state index < -0.39 is 0 Å². The molecule has 86 valence electrons. The number of fused-ring (bicyclic) bond motifs is 1. The molecule has 2 aromatic rings. The Kier molecular flexibility index (Phi) is 2.40. The van der Waals surface area contributed by atoms with Gasteiger partial charge in [-0.05, 0) is 33.5 Å². The Labute approximate surface area is 108 Å². The van der Waals surface area contributed by atoms with Gasteiger partial charge in [0.05, 0.1) is 16.6 Å². The fourth-order valence-corrected chi connectivity index (χ4v) is 2.89. The van der Waals surface area contributed by atoms with Gasteiger partial charge in [-0.2, -0.15) is 5.10 Å². The topological polar surface area (TPSA) is 34.9 Å². The van der Waals surface area contributed by atoms with E-state index in [1.807, 2.05) is 18.2 Å². The quantitative estimate of drug-likeness (QED) is 0.797. The van der Waals surface area contributed by atoms with Crippen molar-refractivity contribution in [2.45, 2.75) is 12.3 Å². The van der Waals surface area contributed by atoms with E-state index in [0.717, 1.165) is 16.5 Å². The Hall–Kier alpha value is -1.42. The van der Waals surface area contributed by atoms with Gasteiger partial charge in [0.15, 0.2) is 5.78 Å². The number of ketones is 1. The van der Waals surface area contributed by atoms with Gasteiger partial charge >= 0.3 is 0 Å². The molecule has 0 fully saturated rings. The maximum atomic E-state index is 12.4. The smallest absolute Gasteiger partial charge is 0.189 e. The van der Waals surface area contributed by atoms with Crippen molar-refractivity contribution in [3.05, 3.63) is 51.8 Å². The van der Waals surface area contributed by atoms with E-state index in [4.69, 9.17) is 0 Å². The van der Waals surface area contributed by atoms with Crippen molar-refractivity contribution in [3.8, 4) is 0 Å². The highest BCUT2D eigenvalue weighted by Crippen LogP contribution is 2.38. The molecule has 1 atom stereocenters. The summed E-state index contributed by atoms with van der Waals surface area (Å²) >= 11 is 3.38. The van der Waals surface area contributed by atoms with Crippen LogP contribution in [-0.4, -0.2) is 15.6 Å². The number of aromatic nitrogens is 2. The second kappa shape index (κ2) is 3.81. The summed E-state index contributed by atoms with van der Waals surface area (Å²) in [5.74, 6) is 0.147. The summed E-state index contributed by atoms with van der Waals surface area (Å²) in [5.41, 5.74) is 3.10. The molecule has 3 rings (SSSR count). The van der Waals surface area contributed by atoms with Crippen LogP contribution in [0.2, 0.25) is 0 Å². The van der Waals surface area contributed by atoms with Gasteiger partial charge in [-0.1, -0.05) is 24.3 Å². The third kappa shape index (κ3) is 1.55. The van der Waals surface area contributed by atoms with Crippen LogP contribution >= 0.6 is 15.9 Å². The number of nitrogens with zero attached hydrogens (tertiary/aromatic N) is 2. The first kappa shape index (κ1) is 10.7. The van der Waals surface area contributed by atoms with E-state index in [-0.39, 0.29) is 11.7 Å². The van der Waals surface area contributed by atoms with Crippen LogP contribution in [0.3, 0.4) is 0 Å². The predicted molar refractivity (Wildman–Crippen MR) is 68.1 cm³/mol. The molecule has 3 nitrogen and oxygen atoms in total. The lowest BCUT2D eigenvalue weighted by Crippen LogP contribution is -2.27. The maximum Gasteiger partial charge on any atom is 0.189 e. The normalized spacial score (nSPS) is 17.4. The molecule has 0 spiro atoms. The molecule has 17 heavy (non-hydrogen) atoms. The largest absolute Gasteiger partial charge is 0.292 e. The lowest BCUT2D eigenvalue weighted by atomic mass is 9.74. The summed E-state index contributed by atoms with van der Waals surface area (Å²) in [4.78, 5) is 12.4. The van der Waals surface area contributed by atoms with E-state index in [1.54, 1.807) is 17.9 Å². The fraction of sp³-hybridized carbons (Fsp3) is 0.231. The number of aryl methyl sites for hydroxylation is 1. The van der Waals surface area contributed by atoms with Gasteiger partial charge in [-0.15, -0.1) is 0 Å². The fourth-order valence-electron chi connectivity index (χ4n) is 2.35. The van der Waals surface area contributed by atoms with Crippen LogP contribution in [0.25, 0.3) is 0 Å². The molecule has 1 aromatic heterocycles. The zero-order valence-corrected chi connectivity index (χ0v) is 10.9. The number of benzene rings is 1. The Morgan fingerprint density at radius 2 is 2.24 bits per heavy atom. The first-order chi connectivity index (χ1) is 8.18. The van der Waals surface area contributed by atoms with Crippen LogP contribution in [-0.2, 0) is 13.5 Å². The SMILES string of the molecule is Cn1ncc(Br)c1C(=O)C1Cc2ccccc21. The van der Waals surface area contributed by atoms with E-state index in [9.17, 15) is 4.79 Å². The molecule has 0 saturated heterocycles. The second-order valence-corrected chi connectivity index (χ2v) is 5.14. The van der Waals surface area contributed by atoms with Crippen molar-refractivity contribution in [1.82, 2.24) is 9.78 Å². The van der Waals surface area contributed by atoms with Crippen LogP contribution in [0.5, 0.6) is 0 Å². The first-order valence-corrected chi connectivity index (χ1v) is 6.27. The summed E-state index contributed by atoms with van der Waals surface area (Å²) in [5, 5.41) is 4.08. The predicted octanol–water partition coefficient (Wildman–Crippen LogP) is 2.71. The number of Topliss-reactive ketones (excluding diaryl/α,β-unsaturated/α-hetero) is 1. The van der Waals surface area contributed by atoms with Crippen LogP contribution in [0.1, 0.15) is 27.5 Å². The Bertz CT molecular complexity index is 584. The molecule has 4 heteroatoms. The molecule has 1 heterocycles. The standard InChI is InChI=1S/C13H11BrN2O/c1-16-12(11(14)7-15-16)13(17)10-6-8-4-2-3-5-9(8)10/h2-5,7,10H,6H2,1H3. The average Bonchev–Trinajstić information content (AvgIpc) is 2.60. The monoisotopic (exact) mass is 290 g/mol. The number of halogens is 1. The van der Waals surface area contributed by atoms with E-state index in [0.29, 0.717) is 5.69 Å². The number of hydrogen-bond donors (Lipinski definition) is 0. The molecule has 0 bridgehead atoms. The average molecular weight is 291 g/mol. The summed E-state index contributed by atoms with van der Waals surface area (Å²) < 4.78 is 2.40. The van der Waals surface area contributed by atoms with Gasteiger partial charge in [0.2, 0.25) is 0 Å². The lowest BCUT2D eigenvalue weighted by molar-refractivity contribution is 0.0939. The summed E-state index contributed by atoms with van der Waals surface area (Å²) in [6.45, 7) is 0. The molecule has 0 N–H and O–H groups in total. The molecule has 0 aliphatic heterocycles. The van der Waals surface area contributed by atoms with Crippen molar-refractivity contribution in [1.29, 1.82) is 0 Å². The summed E-state index contributed by atoms with van der Waals surface area (Å²) in [6, 6.07) is 8.11. The maximum absolute atomic E-state index is 12.4. The van der Waals surface area contributed by atoms with Crippen LogP contribution in [0.15, 0.2) is 34.9 Å². The van der Waals surface area contributed by atoms with Crippen molar-refractivity contribution in [2.75, 3.05) is 0 Å². The van der Waals surface area contributed by atoms with Crippen molar-refractivity contribution in [3.63, 3.8) is 0 Å². The van der Waals surface area contributed by atoms with Crippen molar-refractivity contribution >= 4 is 21.7 Å². The highest BCUT2D eigenvalue weighted by molar-refractivity contribution is 9.10. The summed E-state index contributed by atoms with van der Waals surface area (Å²) in [6.07, 6.45) is 2.50.